The molecule has 0 amide bonds. The van der Waals surface area contributed by atoms with Crippen molar-refractivity contribution in [2.45, 2.75) is 36.6 Å². The third-order valence-corrected chi connectivity index (χ3v) is 4.29. The summed E-state index contributed by atoms with van der Waals surface area (Å²) in [7, 11) is 1.74. The summed E-state index contributed by atoms with van der Waals surface area (Å²) in [5.41, 5.74) is 0. The minimum Gasteiger partial charge on any atom is -0.496 e. The molecule has 0 radical (unpaired) electrons. The number of benzene rings is 1. The summed E-state index contributed by atoms with van der Waals surface area (Å²) in [6.45, 7) is 1.20. The van der Waals surface area contributed by atoms with Gasteiger partial charge in [0.25, 0.3) is 0 Å². The van der Waals surface area contributed by atoms with Crippen LogP contribution >= 0.6 is 24.2 Å². The van der Waals surface area contributed by atoms with Gasteiger partial charge in [-0.3, -0.25) is 0 Å². The Kier molecular flexibility index (Phi) is 7.56. The van der Waals surface area contributed by atoms with E-state index in [0.717, 1.165) is 17.5 Å². The van der Waals surface area contributed by atoms with Gasteiger partial charge in [-0.2, -0.15) is 0 Å². The molecule has 1 aliphatic heterocycles. The molecule has 1 unspecified atom stereocenters. The van der Waals surface area contributed by atoms with Crippen molar-refractivity contribution in [3.05, 3.63) is 24.3 Å². The third-order valence-electron chi connectivity index (χ3n) is 3.21. The van der Waals surface area contributed by atoms with Crippen LogP contribution in [0.15, 0.2) is 29.2 Å². The first-order valence-electron chi connectivity index (χ1n) is 6.39. The Labute approximate surface area is 120 Å². The van der Waals surface area contributed by atoms with Gasteiger partial charge in [-0.1, -0.05) is 18.6 Å². The van der Waals surface area contributed by atoms with E-state index < -0.39 is 0 Å². The van der Waals surface area contributed by atoms with Crippen molar-refractivity contribution in [3.8, 4) is 5.75 Å². The highest BCUT2D eigenvalue weighted by Gasteiger charge is 2.12. The smallest absolute Gasteiger partial charge is 0.132 e. The van der Waals surface area contributed by atoms with E-state index >= 15 is 0 Å². The van der Waals surface area contributed by atoms with Crippen LogP contribution in [0, 0.1) is 0 Å². The Morgan fingerprint density at radius 2 is 2.17 bits per heavy atom. The zero-order valence-electron chi connectivity index (χ0n) is 10.9. The molecular formula is C14H22ClNOS. The van der Waals surface area contributed by atoms with E-state index in [0.29, 0.717) is 0 Å². The second-order valence-corrected chi connectivity index (χ2v) is 5.57. The lowest BCUT2D eigenvalue weighted by molar-refractivity contribution is 0.394. The summed E-state index contributed by atoms with van der Waals surface area (Å²) < 4.78 is 5.35. The van der Waals surface area contributed by atoms with Crippen LogP contribution in [0.4, 0.5) is 0 Å². The molecule has 0 bridgehead atoms. The minimum absolute atomic E-state index is 0. The Bertz CT molecular complexity index is 342. The van der Waals surface area contributed by atoms with Gasteiger partial charge in [0.2, 0.25) is 0 Å². The van der Waals surface area contributed by atoms with Crippen molar-refractivity contribution in [1.82, 2.24) is 5.32 Å². The molecule has 0 saturated carbocycles. The van der Waals surface area contributed by atoms with E-state index in [-0.39, 0.29) is 12.4 Å². The van der Waals surface area contributed by atoms with Crippen LogP contribution in [-0.4, -0.2) is 25.4 Å². The van der Waals surface area contributed by atoms with Crippen molar-refractivity contribution >= 4 is 24.2 Å². The van der Waals surface area contributed by atoms with Crippen LogP contribution in [0.3, 0.4) is 0 Å². The van der Waals surface area contributed by atoms with Gasteiger partial charge in [0.15, 0.2) is 0 Å². The van der Waals surface area contributed by atoms with Crippen molar-refractivity contribution in [3.63, 3.8) is 0 Å². The Morgan fingerprint density at radius 3 is 2.89 bits per heavy atom. The number of nitrogens with one attached hydrogen (secondary N) is 1. The molecule has 0 spiro atoms. The molecule has 1 fully saturated rings. The number of hydrogen-bond acceptors (Lipinski definition) is 3. The van der Waals surface area contributed by atoms with Crippen LogP contribution < -0.4 is 10.1 Å². The van der Waals surface area contributed by atoms with Gasteiger partial charge in [0.1, 0.15) is 5.75 Å². The van der Waals surface area contributed by atoms with Gasteiger partial charge < -0.3 is 10.1 Å². The summed E-state index contributed by atoms with van der Waals surface area (Å²) in [5, 5.41) is 3.59. The van der Waals surface area contributed by atoms with Gasteiger partial charge in [-0.25, -0.2) is 0 Å². The number of thioether (sulfide) groups is 1. The molecular weight excluding hydrogens is 266 g/mol. The predicted molar refractivity (Wildman–Crippen MR) is 81.2 cm³/mol. The maximum atomic E-state index is 5.35. The normalized spacial score (nSPS) is 19.1. The average Bonchev–Trinajstić information content (AvgIpc) is 2.40. The predicted octanol–water partition coefficient (Wildman–Crippen LogP) is 3.74. The fourth-order valence-electron chi connectivity index (χ4n) is 2.22. The van der Waals surface area contributed by atoms with E-state index in [4.69, 9.17) is 4.74 Å². The number of ether oxygens (including phenoxy) is 1. The summed E-state index contributed by atoms with van der Waals surface area (Å²) in [4.78, 5) is 1.26. The van der Waals surface area contributed by atoms with E-state index in [9.17, 15) is 0 Å². The fourth-order valence-corrected chi connectivity index (χ4v) is 3.31. The first-order valence-corrected chi connectivity index (χ1v) is 7.38. The molecule has 4 heteroatoms. The molecule has 2 rings (SSSR count). The van der Waals surface area contributed by atoms with Crippen molar-refractivity contribution in [2.75, 3.05) is 19.4 Å². The van der Waals surface area contributed by atoms with Gasteiger partial charge in [0, 0.05) is 10.9 Å². The van der Waals surface area contributed by atoms with Crippen LogP contribution in [0.2, 0.25) is 0 Å². The van der Waals surface area contributed by atoms with Crippen molar-refractivity contribution in [2.24, 2.45) is 0 Å². The van der Waals surface area contributed by atoms with Crippen molar-refractivity contribution in [1.29, 1.82) is 0 Å². The lowest BCUT2D eigenvalue weighted by atomic mass is 10.0. The lowest BCUT2D eigenvalue weighted by Gasteiger charge is -2.23. The molecule has 1 heterocycles. The number of methoxy groups -OCH3 is 1. The lowest BCUT2D eigenvalue weighted by Crippen LogP contribution is -2.34. The molecule has 1 saturated heterocycles. The largest absolute Gasteiger partial charge is 0.496 e. The van der Waals surface area contributed by atoms with Gasteiger partial charge >= 0.3 is 0 Å². The van der Waals surface area contributed by atoms with E-state index in [1.54, 1.807) is 7.11 Å². The van der Waals surface area contributed by atoms with E-state index in [1.165, 1.54) is 37.1 Å². The molecule has 1 aromatic carbocycles. The Morgan fingerprint density at radius 1 is 1.33 bits per heavy atom. The first-order chi connectivity index (χ1) is 8.40. The molecule has 1 N–H and O–H groups in total. The SMILES string of the molecule is COc1ccccc1SCCC1CCCCN1.Cl. The average molecular weight is 288 g/mol. The van der Waals surface area contributed by atoms with Gasteiger partial charge in [-0.15, -0.1) is 24.2 Å². The highest BCUT2D eigenvalue weighted by Crippen LogP contribution is 2.29. The van der Waals surface area contributed by atoms with Gasteiger partial charge in [-0.05, 0) is 43.7 Å². The molecule has 2 nitrogen and oxygen atoms in total. The topological polar surface area (TPSA) is 21.3 Å². The van der Waals surface area contributed by atoms with E-state index in [1.807, 2.05) is 23.9 Å². The van der Waals surface area contributed by atoms with E-state index in [2.05, 4.69) is 17.4 Å². The minimum atomic E-state index is 0. The quantitative estimate of drug-likeness (QED) is 0.834. The molecule has 102 valence electrons. The van der Waals surface area contributed by atoms with Crippen LogP contribution in [0.1, 0.15) is 25.7 Å². The number of halogens is 1. The highest BCUT2D eigenvalue weighted by molar-refractivity contribution is 7.99. The molecule has 1 atom stereocenters. The number of para-hydroxylation sites is 1. The second kappa shape index (κ2) is 8.68. The van der Waals surface area contributed by atoms with Crippen LogP contribution in [-0.2, 0) is 0 Å². The molecule has 1 aliphatic rings. The summed E-state index contributed by atoms with van der Waals surface area (Å²) in [5.74, 6) is 2.16. The van der Waals surface area contributed by atoms with Crippen LogP contribution in [0.5, 0.6) is 5.75 Å². The zero-order chi connectivity index (χ0) is 11.9. The molecule has 1 aromatic rings. The molecule has 0 aromatic heterocycles. The summed E-state index contributed by atoms with van der Waals surface area (Å²) in [6.07, 6.45) is 5.32. The third kappa shape index (κ3) is 4.71. The molecule has 0 aliphatic carbocycles. The summed E-state index contributed by atoms with van der Waals surface area (Å²) in [6, 6.07) is 8.99. The van der Waals surface area contributed by atoms with Crippen LogP contribution in [0.25, 0.3) is 0 Å². The number of rotatable bonds is 5. The second-order valence-electron chi connectivity index (χ2n) is 4.43. The monoisotopic (exact) mass is 287 g/mol. The maximum Gasteiger partial charge on any atom is 0.132 e. The fraction of sp³-hybridized carbons (Fsp3) is 0.571. The Balaban J connectivity index is 0.00000162. The highest BCUT2D eigenvalue weighted by atomic mass is 35.5. The van der Waals surface area contributed by atoms with Gasteiger partial charge in [0.05, 0.1) is 7.11 Å². The summed E-state index contributed by atoms with van der Waals surface area (Å²) >= 11 is 1.90. The first kappa shape index (κ1) is 15.7. The zero-order valence-corrected chi connectivity index (χ0v) is 12.5. The molecule has 18 heavy (non-hydrogen) atoms. The van der Waals surface area contributed by atoms with Crippen molar-refractivity contribution < 1.29 is 4.74 Å². The maximum absolute atomic E-state index is 5.35. The number of hydrogen-bond donors (Lipinski definition) is 1. The number of piperidine rings is 1. The standard InChI is InChI=1S/C14H21NOS.ClH/c1-16-13-7-2-3-8-14(13)17-11-9-12-6-4-5-10-15-12;/h2-3,7-8,12,15H,4-6,9-11H2,1H3;1H. The Hall–Kier alpha value is -0.380.